The number of hydrogen-bond acceptors (Lipinski definition) is 5. The van der Waals surface area contributed by atoms with E-state index in [1.165, 1.54) is 31.2 Å². The Morgan fingerprint density at radius 3 is 2.23 bits per heavy atom. The van der Waals surface area contributed by atoms with Crippen molar-refractivity contribution in [2.45, 2.75) is 13.0 Å². The lowest BCUT2D eigenvalue weighted by molar-refractivity contribution is 0.0314. The van der Waals surface area contributed by atoms with Gasteiger partial charge in [0.25, 0.3) is 0 Å². The molecule has 2 aromatic carbocycles. The normalized spacial score (nSPS) is 12.3. The SMILES string of the molecule is C[C@@H](OC(=O)c1ccc(F)cc1F)C(=O)c1ccc(NS(C)(=O)=O)cc1. The first-order chi connectivity index (χ1) is 12.1. The number of anilines is 1. The molecular weight excluding hydrogens is 368 g/mol. The first-order valence-corrected chi connectivity index (χ1v) is 9.24. The Kier molecular flexibility index (Phi) is 5.71. The molecule has 9 heteroatoms. The topological polar surface area (TPSA) is 89.5 Å². The first-order valence-electron chi connectivity index (χ1n) is 7.35. The van der Waals surface area contributed by atoms with Gasteiger partial charge in [0.05, 0.1) is 11.8 Å². The predicted octanol–water partition coefficient (Wildman–Crippen LogP) is 2.76. The van der Waals surface area contributed by atoms with Gasteiger partial charge in [-0.3, -0.25) is 9.52 Å². The highest BCUT2D eigenvalue weighted by Crippen LogP contribution is 2.16. The van der Waals surface area contributed by atoms with E-state index >= 15 is 0 Å². The van der Waals surface area contributed by atoms with E-state index in [4.69, 9.17) is 4.74 Å². The van der Waals surface area contributed by atoms with Crippen molar-refractivity contribution in [2.24, 2.45) is 0 Å². The minimum absolute atomic E-state index is 0.170. The Bertz CT molecular complexity index is 942. The quantitative estimate of drug-likeness (QED) is 0.612. The number of carbonyl (C=O) groups is 2. The molecule has 0 unspecified atom stereocenters. The number of sulfonamides is 1. The number of ether oxygens (including phenoxy) is 1. The summed E-state index contributed by atoms with van der Waals surface area (Å²) in [5.41, 5.74) is -0.0511. The number of rotatable bonds is 6. The Labute approximate surface area is 148 Å². The van der Waals surface area contributed by atoms with Crippen LogP contribution in [0.5, 0.6) is 0 Å². The number of carbonyl (C=O) groups excluding carboxylic acids is 2. The second kappa shape index (κ2) is 7.61. The number of esters is 1. The van der Waals surface area contributed by atoms with E-state index in [2.05, 4.69) is 4.72 Å². The smallest absolute Gasteiger partial charge is 0.341 e. The third-order valence-electron chi connectivity index (χ3n) is 3.28. The van der Waals surface area contributed by atoms with Gasteiger partial charge in [-0.05, 0) is 43.3 Å². The van der Waals surface area contributed by atoms with Crippen molar-refractivity contribution in [3.63, 3.8) is 0 Å². The lowest BCUT2D eigenvalue weighted by Crippen LogP contribution is -2.25. The van der Waals surface area contributed by atoms with Crippen LogP contribution in [0.15, 0.2) is 42.5 Å². The highest BCUT2D eigenvalue weighted by molar-refractivity contribution is 7.92. The van der Waals surface area contributed by atoms with Crippen LogP contribution in [0.2, 0.25) is 0 Å². The van der Waals surface area contributed by atoms with Gasteiger partial charge < -0.3 is 4.74 Å². The van der Waals surface area contributed by atoms with Gasteiger partial charge in [0.1, 0.15) is 11.6 Å². The number of hydrogen-bond donors (Lipinski definition) is 1. The molecule has 0 aromatic heterocycles. The summed E-state index contributed by atoms with van der Waals surface area (Å²) in [6.07, 6.45) is -0.233. The van der Waals surface area contributed by atoms with Gasteiger partial charge in [-0.1, -0.05) is 0 Å². The molecule has 138 valence electrons. The summed E-state index contributed by atoms with van der Waals surface area (Å²) in [5, 5.41) is 0. The average Bonchev–Trinajstić information content (AvgIpc) is 2.53. The molecule has 0 aliphatic rings. The van der Waals surface area contributed by atoms with Crippen molar-refractivity contribution in [1.29, 1.82) is 0 Å². The zero-order chi connectivity index (χ0) is 19.5. The molecular formula is C17H15F2NO5S. The number of benzene rings is 2. The number of nitrogens with one attached hydrogen (secondary N) is 1. The van der Waals surface area contributed by atoms with Crippen LogP contribution in [0, 0.1) is 11.6 Å². The van der Waals surface area contributed by atoms with Crippen LogP contribution in [0.3, 0.4) is 0 Å². The molecule has 0 aliphatic carbocycles. The van der Waals surface area contributed by atoms with E-state index in [1.54, 1.807) is 0 Å². The predicted molar refractivity (Wildman–Crippen MR) is 90.5 cm³/mol. The summed E-state index contributed by atoms with van der Waals surface area (Å²) in [4.78, 5) is 24.2. The zero-order valence-corrected chi connectivity index (χ0v) is 14.6. The summed E-state index contributed by atoms with van der Waals surface area (Å²) >= 11 is 0. The Morgan fingerprint density at radius 2 is 1.69 bits per heavy atom. The van der Waals surface area contributed by atoms with Gasteiger partial charge in [-0.15, -0.1) is 0 Å². The minimum atomic E-state index is -3.45. The van der Waals surface area contributed by atoms with Crippen LogP contribution >= 0.6 is 0 Å². The third kappa shape index (κ3) is 5.09. The Balaban J connectivity index is 2.08. The highest BCUT2D eigenvalue weighted by atomic mass is 32.2. The van der Waals surface area contributed by atoms with Crippen LogP contribution in [0.25, 0.3) is 0 Å². The molecule has 0 heterocycles. The fraction of sp³-hybridized carbons (Fsp3) is 0.176. The van der Waals surface area contributed by atoms with Gasteiger partial charge in [0.15, 0.2) is 6.10 Å². The summed E-state index contributed by atoms with van der Waals surface area (Å²) in [6.45, 7) is 1.31. The maximum atomic E-state index is 13.6. The molecule has 26 heavy (non-hydrogen) atoms. The molecule has 6 nitrogen and oxygen atoms in total. The fourth-order valence-electron chi connectivity index (χ4n) is 2.08. The summed E-state index contributed by atoms with van der Waals surface area (Å²) in [6, 6.07) is 7.84. The molecule has 0 saturated heterocycles. The number of Topliss-reactive ketones (excluding diaryl/α,β-unsaturated/α-hetero) is 1. The third-order valence-corrected chi connectivity index (χ3v) is 3.88. The Morgan fingerprint density at radius 1 is 1.08 bits per heavy atom. The van der Waals surface area contributed by atoms with Gasteiger partial charge in [0.2, 0.25) is 15.8 Å². The van der Waals surface area contributed by atoms with Crippen LogP contribution in [-0.2, 0) is 14.8 Å². The minimum Gasteiger partial charge on any atom is -0.451 e. The van der Waals surface area contributed by atoms with Crippen LogP contribution in [-0.4, -0.2) is 32.5 Å². The maximum absolute atomic E-state index is 13.6. The van der Waals surface area contributed by atoms with E-state index in [-0.39, 0.29) is 11.3 Å². The van der Waals surface area contributed by atoms with E-state index in [0.717, 1.165) is 18.4 Å². The molecule has 0 radical (unpaired) electrons. The zero-order valence-electron chi connectivity index (χ0n) is 13.8. The first kappa shape index (κ1) is 19.5. The van der Waals surface area contributed by atoms with Crippen molar-refractivity contribution in [2.75, 3.05) is 11.0 Å². The maximum Gasteiger partial charge on any atom is 0.341 e. The van der Waals surface area contributed by atoms with Gasteiger partial charge in [0, 0.05) is 17.3 Å². The van der Waals surface area contributed by atoms with Crippen molar-refractivity contribution >= 4 is 27.5 Å². The molecule has 0 aliphatic heterocycles. The molecule has 0 bridgehead atoms. The second-order valence-electron chi connectivity index (χ2n) is 5.49. The van der Waals surface area contributed by atoms with Gasteiger partial charge >= 0.3 is 5.97 Å². The summed E-state index contributed by atoms with van der Waals surface area (Å²) in [7, 11) is -3.45. The van der Waals surface area contributed by atoms with E-state index in [0.29, 0.717) is 6.07 Å². The van der Waals surface area contributed by atoms with Gasteiger partial charge in [-0.2, -0.15) is 0 Å². The molecule has 0 saturated carbocycles. The van der Waals surface area contributed by atoms with Crippen molar-refractivity contribution in [1.82, 2.24) is 0 Å². The van der Waals surface area contributed by atoms with Crippen molar-refractivity contribution in [3.05, 3.63) is 65.2 Å². The fourth-order valence-corrected chi connectivity index (χ4v) is 2.65. The molecule has 2 rings (SSSR count). The monoisotopic (exact) mass is 383 g/mol. The van der Waals surface area contributed by atoms with Crippen molar-refractivity contribution in [3.8, 4) is 0 Å². The number of halogens is 2. The van der Waals surface area contributed by atoms with Crippen LogP contribution in [0.1, 0.15) is 27.6 Å². The van der Waals surface area contributed by atoms with Gasteiger partial charge in [-0.25, -0.2) is 22.0 Å². The van der Waals surface area contributed by atoms with Crippen molar-refractivity contribution < 1.29 is 31.5 Å². The number of ketones is 1. The van der Waals surface area contributed by atoms with E-state index in [9.17, 15) is 26.8 Å². The second-order valence-corrected chi connectivity index (χ2v) is 7.24. The molecule has 1 atom stereocenters. The largest absolute Gasteiger partial charge is 0.451 e. The van der Waals surface area contributed by atoms with Crippen LogP contribution < -0.4 is 4.72 Å². The lowest BCUT2D eigenvalue weighted by atomic mass is 10.1. The molecule has 2 aromatic rings. The standard InChI is InChI=1S/C17H15F2NO5S/c1-10(25-17(22)14-8-5-12(18)9-15(14)19)16(21)11-3-6-13(7-4-11)20-26(2,23)24/h3-10,20H,1-2H3/t10-/m1/s1. The summed E-state index contributed by atoms with van der Waals surface area (Å²) in [5.74, 6) is -3.60. The van der Waals surface area contributed by atoms with Crippen LogP contribution in [0.4, 0.5) is 14.5 Å². The summed E-state index contributed by atoms with van der Waals surface area (Å²) < 4.78 is 55.9. The highest BCUT2D eigenvalue weighted by Gasteiger charge is 2.22. The molecule has 0 amide bonds. The lowest BCUT2D eigenvalue weighted by Gasteiger charge is -2.13. The average molecular weight is 383 g/mol. The molecule has 1 N–H and O–H groups in total. The van der Waals surface area contributed by atoms with E-state index < -0.39 is 45.1 Å². The van der Waals surface area contributed by atoms with E-state index in [1.807, 2.05) is 0 Å². The molecule has 0 spiro atoms. The Hall–Kier alpha value is -2.81. The molecule has 0 fully saturated rings.